The number of nitrogens with zero attached hydrogens (tertiary/aromatic N) is 1. The third-order valence-electron chi connectivity index (χ3n) is 5.21. The Labute approximate surface area is 144 Å². The standard InChI is InChI=1S/C19H18N2O4/c22-17-13-6-1-2-7-14(13)18(23)21(17)16(19(24)25)9-11-10-20-15-8-4-3-5-12(11)15/h1-5,8,10,13-14,16,20H,6-7,9H2,(H,24,25)/p-1. The molecule has 0 bridgehead atoms. The molecule has 2 aliphatic rings. The van der Waals surface area contributed by atoms with E-state index >= 15 is 0 Å². The number of para-hydroxylation sites is 1. The van der Waals surface area contributed by atoms with Crippen molar-refractivity contribution < 1.29 is 19.5 Å². The van der Waals surface area contributed by atoms with E-state index in [1.54, 1.807) is 6.20 Å². The van der Waals surface area contributed by atoms with E-state index in [4.69, 9.17) is 0 Å². The molecule has 2 heterocycles. The molecule has 1 fully saturated rings. The first-order valence-corrected chi connectivity index (χ1v) is 8.35. The number of likely N-dealkylation sites (tertiary alicyclic amines) is 1. The van der Waals surface area contributed by atoms with Gasteiger partial charge in [0.05, 0.1) is 23.8 Å². The van der Waals surface area contributed by atoms with E-state index in [1.807, 2.05) is 36.4 Å². The summed E-state index contributed by atoms with van der Waals surface area (Å²) in [6, 6.07) is 6.22. The zero-order valence-electron chi connectivity index (χ0n) is 13.5. The first-order valence-electron chi connectivity index (χ1n) is 8.35. The fourth-order valence-electron chi connectivity index (χ4n) is 3.92. The van der Waals surface area contributed by atoms with Crippen molar-refractivity contribution in [2.24, 2.45) is 11.8 Å². The number of aromatic amines is 1. The first-order chi connectivity index (χ1) is 12.1. The van der Waals surface area contributed by atoms with Crippen LogP contribution in [-0.4, -0.2) is 33.7 Å². The van der Waals surface area contributed by atoms with E-state index in [9.17, 15) is 19.5 Å². The summed E-state index contributed by atoms with van der Waals surface area (Å²) in [5.74, 6) is -3.08. The number of hydrogen-bond acceptors (Lipinski definition) is 4. The van der Waals surface area contributed by atoms with Crippen LogP contribution < -0.4 is 5.11 Å². The topological polar surface area (TPSA) is 93.3 Å². The summed E-state index contributed by atoms with van der Waals surface area (Å²) in [5.41, 5.74) is 1.63. The van der Waals surface area contributed by atoms with Gasteiger partial charge in [-0.3, -0.25) is 14.5 Å². The van der Waals surface area contributed by atoms with Gasteiger partial charge in [0, 0.05) is 23.5 Å². The van der Waals surface area contributed by atoms with Crippen molar-refractivity contribution in [2.45, 2.75) is 25.3 Å². The van der Waals surface area contributed by atoms with Gasteiger partial charge in [0.1, 0.15) is 0 Å². The second-order valence-electron chi connectivity index (χ2n) is 6.60. The molecule has 2 amide bonds. The Balaban J connectivity index is 1.67. The van der Waals surface area contributed by atoms with E-state index in [0.717, 1.165) is 21.4 Å². The molecule has 2 aromatic rings. The van der Waals surface area contributed by atoms with Crippen molar-refractivity contribution in [1.82, 2.24) is 9.88 Å². The number of nitrogens with one attached hydrogen (secondary N) is 1. The maximum atomic E-state index is 12.7. The van der Waals surface area contributed by atoms with Crippen LogP contribution in [0.2, 0.25) is 0 Å². The minimum atomic E-state index is -1.40. The molecule has 0 radical (unpaired) electrons. The lowest BCUT2D eigenvalue weighted by Crippen LogP contribution is -2.52. The number of allylic oxidation sites excluding steroid dienone is 2. The van der Waals surface area contributed by atoms with Crippen LogP contribution in [0.25, 0.3) is 10.9 Å². The molecule has 4 rings (SSSR count). The number of amides is 2. The minimum Gasteiger partial charge on any atom is -0.548 e. The van der Waals surface area contributed by atoms with Gasteiger partial charge in [0.25, 0.3) is 0 Å². The second kappa shape index (κ2) is 5.88. The van der Waals surface area contributed by atoms with E-state index in [0.29, 0.717) is 12.8 Å². The van der Waals surface area contributed by atoms with E-state index < -0.39 is 35.7 Å². The van der Waals surface area contributed by atoms with Crippen LogP contribution in [0.15, 0.2) is 42.6 Å². The van der Waals surface area contributed by atoms with Gasteiger partial charge in [0.15, 0.2) is 0 Å². The lowest BCUT2D eigenvalue weighted by atomic mass is 9.85. The number of imide groups is 1. The Morgan fingerprint density at radius 3 is 2.44 bits per heavy atom. The molecule has 6 nitrogen and oxygen atoms in total. The molecule has 1 aromatic carbocycles. The first kappa shape index (κ1) is 15.6. The number of benzene rings is 1. The molecule has 3 atom stereocenters. The molecule has 1 N–H and O–H groups in total. The normalized spacial score (nSPS) is 23.9. The fraction of sp³-hybridized carbons (Fsp3) is 0.316. The predicted molar refractivity (Wildman–Crippen MR) is 88.0 cm³/mol. The number of aromatic nitrogens is 1. The molecule has 3 unspecified atom stereocenters. The van der Waals surface area contributed by atoms with Gasteiger partial charge in [-0.05, 0) is 24.5 Å². The van der Waals surface area contributed by atoms with Gasteiger partial charge in [-0.25, -0.2) is 0 Å². The summed E-state index contributed by atoms with van der Waals surface area (Å²) in [6.07, 6.45) is 6.49. The Kier molecular flexibility index (Phi) is 3.67. The number of carboxylic acids is 1. The number of rotatable bonds is 4. The number of carboxylic acid groups (broad SMARTS) is 1. The largest absolute Gasteiger partial charge is 0.548 e. The third-order valence-corrected chi connectivity index (χ3v) is 5.21. The molecule has 6 heteroatoms. The van der Waals surface area contributed by atoms with E-state index in [2.05, 4.69) is 4.98 Å². The fourth-order valence-corrected chi connectivity index (χ4v) is 3.92. The molecule has 1 aliphatic carbocycles. The van der Waals surface area contributed by atoms with Crippen LogP contribution in [0.4, 0.5) is 0 Å². The number of carbonyl (C=O) groups is 3. The van der Waals surface area contributed by atoms with Gasteiger partial charge in [-0.1, -0.05) is 30.4 Å². The zero-order chi connectivity index (χ0) is 17.6. The van der Waals surface area contributed by atoms with Gasteiger partial charge in [0.2, 0.25) is 11.8 Å². The van der Waals surface area contributed by atoms with Crippen molar-refractivity contribution in [2.75, 3.05) is 0 Å². The van der Waals surface area contributed by atoms with Crippen molar-refractivity contribution in [3.63, 3.8) is 0 Å². The molecule has 25 heavy (non-hydrogen) atoms. The van der Waals surface area contributed by atoms with Crippen molar-refractivity contribution in [3.8, 4) is 0 Å². The van der Waals surface area contributed by atoms with Crippen LogP contribution >= 0.6 is 0 Å². The Hall–Kier alpha value is -2.89. The lowest BCUT2D eigenvalue weighted by molar-refractivity contribution is -0.310. The highest BCUT2D eigenvalue weighted by atomic mass is 16.4. The zero-order valence-corrected chi connectivity index (χ0v) is 13.5. The quantitative estimate of drug-likeness (QED) is 0.659. The maximum absolute atomic E-state index is 12.7. The highest BCUT2D eigenvalue weighted by Gasteiger charge is 2.49. The molecular weight excluding hydrogens is 320 g/mol. The van der Waals surface area contributed by atoms with Crippen LogP contribution in [0.5, 0.6) is 0 Å². The number of aliphatic carboxylic acids is 1. The number of carbonyl (C=O) groups excluding carboxylic acids is 3. The number of hydrogen-bond donors (Lipinski definition) is 1. The Morgan fingerprint density at radius 1 is 1.16 bits per heavy atom. The summed E-state index contributed by atoms with van der Waals surface area (Å²) in [6.45, 7) is 0. The molecule has 128 valence electrons. The summed E-state index contributed by atoms with van der Waals surface area (Å²) >= 11 is 0. The summed E-state index contributed by atoms with van der Waals surface area (Å²) in [7, 11) is 0. The van der Waals surface area contributed by atoms with Crippen LogP contribution in [0.3, 0.4) is 0 Å². The highest BCUT2D eigenvalue weighted by Crippen LogP contribution is 2.36. The maximum Gasteiger partial charge on any atom is 0.234 e. The van der Waals surface area contributed by atoms with E-state index in [-0.39, 0.29) is 6.42 Å². The van der Waals surface area contributed by atoms with Crippen molar-refractivity contribution in [1.29, 1.82) is 0 Å². The second-order valence-corrected chi connectivity index (χ2v) is 6.60. The third kappa shape index (κ3) is 2.45. The average molecular weight is 337 g/mol. The van der Waals surface area contributed by atoms with Crippen LogP contribution in [0.1, 0.15) is 18.4 Å². The van der Waals surface area contributed by atoms with Crippen LogP contribution in [-0.2, 0) is 20.8 Å². The van der Waals surface area contributed by atoms with E-state index in [1.165, 1.54) is 0 Å². The Morgan fingerprint density at radius 2 is 1.80 bits per heavy atom. The number of H-pyrrole nitrogens is 1. The lowest BCUT2D eigenvalue weighted by Gasteiger charge is -2.27. The average Bonchev–Trinajstić information content (AvgIpc) is 3.13. The SMILES string of the molecule is O=C([O-])C(Cc1c[nH]c2ccccc12)N1C(=O)C2CC=CCC2C1=O. The highest BCUT2D eigenvalue weighted by molar-refractivity contribution is 6.08. The molecular formula is C19H17N2O4-. The van der Waals surface area contributed by atoms with Gasteiger partial charge in [-0.2, -0.15) is 0 Å². The Bertz CT molecular complexity index is 872. The molecule has 0 spiro atoms. The summed E-state index contributed by atoms with van der Waals surface area (Å²) in [4.78, 5) is 41.1. The molecule has 1 aromatic heterocycles. The monoisotopic (exact) mass is 337 g/mol. The van der Waals surface area contributed by atoms with Gasteiger partial charge >= 0.3 is 0 Å². The molecule has 1 saturated heterocycles. The smallest absolute Gasteiger partial charge is 0.234 e. The molecule has 1 aliphatic heterocycles. The minimum absolute atomic E-state index is 0.0384. The molecule has 0 saturated carbocycles. The summed E-state index contributed by atoms with van der Waals surface area (Å²) < 4.78 is 0. The van der Waals surface area contributed by atoms with Crippen LogP contribution in [0, 0.1) is 11.8 Å². The summed E-state index contributed by atoms with van der Waals surface area (Å²) in [5, 5.41) is 12.6. The predicted octanol–water partition coefficient (Wildman–Crippen LogP) is 0.780. The van der Waals surface area contributed by atoms with Gasteiger partial charge < -0.3 is 14.9 Å². The number of fused-ring (bicyclic) bond motifs is 2. The van der Waals surface area contributed by atoms with Crippen molar-refractivity contribution in [3.05, 3.63) is 48.2 Å². The van der Waals surface area contributed by atoms with Gasteiger partial charge in [-0.15, -0.1) is 0 Å². The van der Waals surface area contributed by atoms with Crippen molar-refractivity contribution >= 4 is 28.7 Å².